The number of aliphatic hydroxyl groups is 11. The molecule has 0 spiro atoms. The van der Waals surface area contributed by atoms with Crippen LogP contribution in [0, 0.1) is 0 Å². The smallest absolute Gasteiger partial charge is 0.187 e. The van der Waals surface area contributed by atoms with Crippen molar-refractivity contribution >= 4 is 0 Å². The summed E-state index contributed by atoms with van der Waals surface area (Å²) in [6.07, 6.45) is -25.1. The van der Waals surface area contributed by atoms with E-state index in [0.29, 0.717) is 0 Å². The van der Waals surface area contributed by atoms with Crippen LogP contribution in [0.15, 0.2) is 0 Å². The van der Waals surface area contributed by atoms with Crippen molar-refractivity contribution in [1.82, 2.24) is 0 Å². The second kappa shape index (κ2) is 11.6. The second-order valence-corrected chi connectivity index (χ2v) is 8.33. The van der Waals surface area contributed by atoms with Crippen molar-refractivity contribution in [2.45, 2.75) is 92.1 Å². The minimum atomic E-state index is -1.91. The third-order valence-corrected chi connectivity index (χ3v) is 6.09. The molecule has 0 aromatic carbocycles. The number of aliphatic hydroxyl groups excluding tert-OH is 11. The first-order valence-electron chi connectivity index (χ1n) is 10.6. The molecule has 15 atom stereocenters. The van der Waals surface area contributed by atoms with Crippen molar-refractivity contribution in [3.8, 4) is 0 Å². The summed E-state index contributed by atoms with van der Waals surface area (Å²) in [6.45, 7) is -2.32. The van der Waals surface area contributed by atoms with Crippen LogP contribution in [0.2, 0.25) is 0 Å². The largest absolute Gasteiger partial charge is 0.394 e. The number of hydrogen-bond acceptors (Lipinski definition) is 16. The minimum absolute atomic E-state index is 0.741. The molecule has 3 aliphatic heterocycles. The molecule has 3 rings (SSSR count). The quantitative estimate of drug-likeness (QED) is 0.154. The van der Waals surface area contributed by atoms with Gasteiger partial charge in [-0.25, -0.2) is 0 Å². The molecule has 16 nitrogen and oxygen atoms in total. The van der Waals surface area contributed by atoms with E-state index in [0.717, 1.165) is 0 Å². The van der Waals surface area contributed by atoms with Crippen LogP contribution in [0.5, 0.6) is 0 Å². The molecule has 0 aromatic rings. The first kappa shape index (κ1) is 27.9. The zero-order chi connectivity index (χ0) is 25.3. The third-order valence-electron chi connectivity index (χ3n) is 6.09. The Labute approximate surface area is 192 Å². The summed E-state index contributed by atoms with van der Waals surface area (Å²) in [7, 11) is 0. The van der Waals surface area contributed by atoms with Crippen LogP contribution in [-0.2, 0) is 23.7 Å². The van der Waals surface area contributed by atoms with Crippen molar-refractivity contribution in [3.05, 3.63) is 0 Å². The summed E-state index contributed by atoms with van der Waals surface area (Å²) in [5.41, 5.74) is 0. The van der Waals surface area contributed by atoms with E-state index < -0.39 is 112 Å². The molecule has 16 heteroatoms. The number of ether oxygens (including phenoxy) is 5. The van der Waals surface area contributed by atoms with Crippen molar-refractivity contribution in [1.29, 1.82) is 0 Å². The van der Waals surface area contributed by atoms with Crippen LogP contribution in [0.4, 0.5) is 0 Å². The Morgan fingerprint density at radius 3 is 1.35 bits per heavy atom. The predicted molar refractivity (Wildman–Crippen MR) is 101 cm³/mol. The summed E-state index contributed by atoms with van der Waals surface area (Å²) in [4.78, 5) is 0. The minimum Gasteiger partial charge on any atom is -0.394 e. The van der Waals surface area contributed by atoms with Gasteiger partial charge in [0.15, 0.2) is 18.9 Å². The third kappa shape index (κ3) is 5.37. The first-order valence-corrected chi connectivity index (χ1v) is 10.6. The fraction of sp³-hybridized carbons (Fsp3) is 1.00. The lowest BCUT2D eigenvalue weighted by atomic mass is 9.96. The maximum absolute atomic E-state index is 10.6. The zero-order valence-corrected chi connectivity index (χ0v) is 17.7. The maximum Gasteiger partial charge on any atom is 0.187 e. The Morgan fingerprint density at radius 2 is 0.853 bits per heavy atom. The van der Waals surface area contributed by atoms with Crippen molar-refractivity contribution in [3.63, 3.8) is 0 Å². The van der Waals surface area contributed by atoms with Gasteiger partial charge in [0.2, 0.25) is 0 Å². The van der Waals surface area contributed by atoms with Crippen LogP contribution in [0.1, 0.15) is 0 Å². The molecule has 11 N–H and O–H groups in total. The lowest BCUT2D eigenvalue weighted by Crippen LogP contribution is -2.66. The lowest BCUT2D eigenvalue weighted by Gasteiger charge is -2.47. The normalized spacial score (nSPS) is 52.5. The van der Waals surface area contributed by atoms with E-state index in [1.807, 2.05) is 0 Å². The van der Waals surface area contributed by atoms with Crippen LogP contribution in [0.3, 0.4) is 0 Å². The Bertz CT molecular complexity index is 635. The summed E-state index contributed by atoms with van der Waals surface area (Å²) in [5.74, 6) is 0. The van der Waals surface area contributed by atoms with Crippen molar-refractivity contribution in [2.75, 3.05) is 19.8 Å². The molecule has 200 valence electrons. The number of rotatable bonds is 7. The van der Waals surface area contributed by atoms with Gasteiger partial charge in [0.1, 0.15) is 73.2 Å². The van der Waals surface area contributed by atoms with E-state index >= 15 is 0 Å². The summed E-state index contributed by atoms with van der Waals surface area (Å²) < 4.78 is 26.4. The Balaban J connectivity index is 1.72. The fourth-order valence-electron chi connectivity index (χ4n) is 4.06. The molecular weight excluding hydrogens is 472 g/mol. The van der Waals surface area contributed by atoms with Crippen molar-refractivity contribution < 1.29 is 79.9 Å². The Kier molecular flexibility index (Phi) is 9.54. The predicted octanol–water partition coefficient (Wildman–Crippen LogP) is -7.57. The molecule has 0 unspecified atom stereocenters. The summed E-state index contributed by atoms with van der Waals surface area (Å²) in [6, 6.07) is 0. The highest BCUT2D eigenvalue weighted by Gasteiger charge is 2.53. The molecule has 0 radical (unpaired) electrons. The highest BCUT2D eigenvalue weighted by Crippen LogP contribution is 2.32. The van der Waals surface area contributed by atoms with Gasteiger partial charge in [0.05, 0.1) is 19.8 Å². The zero-order valence-electron chi connectivity index (χ0n) is 17.7. The van der Waals surface area contributed by atoms with Gasteiger partial charge >= 0.3 is 0 Å². The molecule has 0 aromatic heterocycles. The van der Waals surface area contributed by atoms with Crippen molar-refractivity contribution in [2.24, 2.45) is 0 Å². The lowest BCUT2D eigenvalue weighted by molar-refractivity contribution is -0.377. The maximum atomic E-state index is 10.6. The van der Waals surface area contributed by atoms with Gasteiger partial charge < -0.3 is 79.9 Å². The monoisotopic (exact) mass is 504 g/mol. The highest BCUT2D eigenvalue weighted by molar-refractivity contribution is 4.96. The Hall–Kier alpha value is -0.640. The first-order chi connectivity index (χ1) is 16.0. The molecule has 3 fully saturated rings. The van der Waals surface area contributed by atoms with E-state index in [4.69, 9.17) is 23.7 Å². The molecule has 0 aliphatic carbocycles. The molecule has 3 aliphatic rings. The average Bonchev–Trinajstić information content (AvgIpc) is 2.83. The van der Waals surface area contributed by atoms with Gasteiger partial charge in [-0.2, -0.15) is 0 Å². The number of hydrogen-bond donors (Lipinski definition) is 11. The summed E-state index contributed by atoms with van der Waals surface area (Å²) in [5, 5.41) is 109. The van der Waals surface area contributed by atoms with E-state index in [1.54, 1.807) is 0 Å². The average molecular weight is 504 g/mol. The van der Waals surface area contributed by atoms with E-state index in [2.05, 4.69) is 0 Å². The Morgan fingerprint density at radius 1 is 0.441 bits per heavy atom. The van der Waals surface area contributed by atoms with Crippen LogP contribution < -0.4 is 0 Å². The van der Waals surface area contributed by atoms with Gasteiger partial charge in [-0.15, -0.1) is 0 Å². The van der Waals surface area contributed by atoms with E-state index in [-0.39, 0.29) is 0 Å². The molecule has 3 heterocycles. The van der Waals surface area contributed by atoms with Crippen LogP contribution >= 0.6 is 0 Å². The second-order valence-electron chi connectivity index (χ2n) is 8.33. The molecule has 0 amide bonds. The van der Waals surface area contributed by atoms with Crippen LogP contribution in [-0.4, -0.2) is 168 Å². The standard InChI is InChI=1S/C18H32O16/c19-1-4-7(22)8(23)12(27)17(31-4)34-15-6(3-21)32-18(13(28)10(15)25)33-14-5(2-20)30-16(29)11(26)9(14)24/h4-29H,1-3H2/t4-,5-,6-,7+,8+,9-,10-,11-,12-,13-,14+,15+,16-,17+,18+/m1/s1. The van der Waals surface area contributed by atoms with Gasteiger partial charge in [-0.3, -0.25) is 0 Å². The fourth-order valence-corrected chi connectivity index (χ4v) is 4.06. The molecule has 3 saturated heterocycles. The summed E-state index contributed by atoms with van der Waals surface area (Å²) >= 11 is 0. The molecule has 34 heavy (non-hydrogen) atoms. The van der Waals surface area contributed by atoms with Gasteiger partial charge in [0.25, 0.3) is 0 Å². The van der Waals surface area contributed by atoms with E-state index in [1.165, 1.54) is 0 Å². The molecular formula is C18H32O16. The van der Waals surface area contributed by atoms with Gasteiger partial charge in [-0.1, -0.05) is 0 Å². The highest BCUT2D eigenvalue weighted by atomic mass is 16.8. The molecule has 0 bridgehead atoms. The van der Waals surface area contributed by atoms with Crippen LogP contribution in [0.25, 0.3) is 0 Å². The topological polar surface area (TPSA) is 269 Å². The molecule has 0 saturated carbocycles. The van der Waals surface area contributed by atoms with E-state index in [9.17, 15) is 56.2 Å². The van der Waals surface area contributed by atoms with Gasteiger partial charge in [0, 0.05) is 0 Å². The van der Waals surface area contributed by atoms with Gasteiger partial charge in [-0.05, 0) is 0 Å². The SMILES string of the molecule is OC[C@H]1O[C@@H](O[C@@H]2[C@H](O)[C@@H](O)[C@H](O[C@@H]3[C@H](O)[C@@H](O)[C@H](O)O[C@@H]3CO)O[C@@H]2CO)[C@H](O)[C@@H](O)[C@H]1O.